The van der Waals surface area contributed by atoms with Crippen molar-refractivity contribution in [1.82, 2.24) is 19.4 Å². The van der Waals surface area contributed by atoms with Crippen molar-refractivity contribution in [2.24, 2.45) is 7.05 Å². The maximum absolute atomic E-state index is 9.55. The number of imidazole rings is 1. The fourth-order valence-electron chi connectivity index (χ4n) is 4.13. The highest BCUT2D eigenvalue weighted by molar-refractivity contribution is 5.89. The van der Waals surface area contributed by atoms with Gasteiger partial charge in [-0.05, 0) is 55.8 Å². The fraction of sp³-hybridized carbons (Fsp3) is 0.259. The van der Waals surface area contributed by atoms with Crippen LogP contribution in [-0.2, 0) is 29.6 Å². The van der Waals surface area contributed by atoms with Crippen LogP contribution in [-0.4, -0.2) is 54.7 Å². The van der Waals surface area contributed by atoms with Gasteiger partial charge in [0.15, 0.2) is 0 Å². The number of para-hydroxylation sites is 2. The summed E-state index contributed by atoms with van der Waals surface area (Å²) in [6.45, 7) is 3.21. The van der Waals surface area contributed by atoms with Crippen molar-refractivity contribution in [2.75, 3.05) is 13.1 Å². The zero-order valence-corrected chi connectivity index (χ0v) is 20.0. The number of rotatable bonds is 7. The summed E-state index contributed by atoms with van der Waals surface area (Å²) in [5.74, 6) is -0.749. The first-order chi connectivity index (χ1) is 17.4. The molecule has 1 saturated heterocycles. The predicted octanol–water partition coefficient (Wildman–Crippen LogP) is 4.13. The highest BCUT2D eigenvalue weighted by atomic mass is 16.4. The number of aliphatic carboxylic acids is 2. The van der Waals surface area contributed by atoms with Gasteiger partial charge < -0.3 is 19.2 Å². The summed E-state index contributed by atoms with van der Waals surface area (Å²) in [4.78, 5) is 31.0. The molecule has 186 valence electrons. The van der Waals surface area contributed by atoms with Gasteiger partial charge >= 0.3 is 11.9 Å². The molecule has 36 heavy (non-hydrogen) atoms. The van der Waals surface area contributed by atoms with E-state index < -0.39 is 11.9 Å². The lowest BCUT2D eigenvalue weighted by atomic mass is 10.1. The number of aromatic nitrogens is 3. The first-order valence-corrected chi connectivity index (χ1v) is 11.7. The summed E-state index contributed by atoms with van der Waals surface area (Å²) in [5, 5.41) is 15.6. The molecule has 1 fully saturated rings. The van der Waals surface area contributed by atoms with E-state index in [9.17, 15) is 9.59 Å². The molecular weight excluding hydrogens is 460 g/mol. The van der Waals surface area contributed by atoms with E-state index in [0.29, 0.717) is 18.0 Å². The van der Waals surface area contributed by atoms with Crippen LogP contribution >= 0.6 is 0 Å². The Morgan fingerprint density at radius 1 is 0.972 bits per heavy atom. The van der Waals surface area contributed by atoms with Crippen LogP contribution in [0.5, 0.6) is 0 Å². The van der Waals surface area contributed by atoms with Crippen molar-refractivity contribution in [3.63, 3.8) is 0 Å². The molecule has 2 aromatic carbocycles. The van der Waals surface area contributed by atoms with Crippen LogP contribution in [0.25, 0.3) is 22.5 Å². The summed E-state index contributed by atoms with van der Waals surface area (Å²) < 4.78 is 7.89. The van der Waals surface area contributed by atoms with Gasteiger partial charge in [-0.25, -0.2) is 19.6 Å². The number of aryl methyl sites for hydroxylation is 1. The van der Waals surface area contributed by atoms with Crippen LogP contribution < -0.4 is 0 Å². The van der Waals surface area contributed by atoms with Gasteiger partial charge in [0.25, 0.3) is 0 Å². The van der Waals surface area contributed by atoms with Crippen molar-refractivity contribution in [1.29, 1.82) is 0 Å². The minimum absolute atomic E-state index is 0.558. The molecule has 5 rings (SSSR count). The van der Waals surface area contributed by atoms with Gasteiger partial charge in [0.05, 0.1) is 16.7 Å². The zero-order chi connectivity index (χ0) is 25.5. The maximum Gasteiger partial charge on any atom is 0.328 e. The molecule has 1 aliphatic heterocycles. The summed E-state index contributed by atoms with van der Waals surface area (Å²) in [6, 6.07) is 16.7. The van der Waals surface area contributed by atoms with Crippen LogP contribution in [0, 0.1) is 0 Å². The van der Waals surface area contributed by atoms with E-state index in [4.69, 9.17) is 19.6 Å². The molecule has 9 nitrogen and oxygen atoms in total. The van der Waals surface area contributed by atoms with Gasteiger partial charge in [-0.1, -0.05) is 24.3 Å². The van der Waals surface area contributed by atoms with Crippen LogP contribution in [0.1, 0.15) is 29.9 Å². The topological polar surface area (TPSA) is 122 Å². The lowest BCUT2D eigenvalue weighted by molar-refractivity contribution is -0.134. The molecule has 4 aromatic rings. The van der Waals surface area contributed by atoms with Gasteiger partial charge in [-0.2, -0.15) is 0 Å². The summed E-state index contributed by atoms with van der Waals surface area (Å²) in [6.07, 6.45) is 6.29. The number of hydrogen-bond donors (Lipinski definition) is 2. The monoisotopic (exact) mass is 488 g/mol. The molecule has 0 amide bonds. The minimum atomic E-state index is -1.26. The highest BCUT2D eigenvalue weighted by Gasteiger charge is 2.15. The summed E-state index contributed by atoms with van der Waals surface area (Å²) >= 11 is 0. The molecular formula is C27H28N4O5. The molecule has 2 aromatic heterocycles. The molecule has 0 saturated carbocycles. The predicted molar refractivity (Wildman–Crippen MR) is 134 cm³/mol. The van der Waals surface area contributed by atoms with E-state index in [1.807, 2.05) is 6.07 Å². The number of likely N-dealkylation sites (tertiary alicyclic amines) is 1. The van der Waals surface area contributed by atoms with Gasteiger partial charge in [0.2, 0.25) is 5.89 Å². The molecule has 0 spiro atoms. The number of carboxylic acids is 2. The standard InChI is InChI=1S/C23H24N4O.C4H4O4/c1-26-21-7-3-2-6-20(21)25-22(26)14-17-8-10-18(11-9-17)23-24-19(16-28-23)15-27-12-4-5-13-27;5-3(6)1-2-4(7)8/h2-3,6-11,16H,4-5,12-15H2,1H3;1-2H,(H,5,6)(H,7,8). The number of carboxylic acid groups (broad SMARTS) is 2. The van der Waals surface area contributed by atoms with E-state index in [2.05, 4.69) is 64.0 Å². The van der Waals surface area contributed by atoms with E-state index in [1.165, 1.54) is 37.0 Å². The smallest absolute Gasteiger partial charge is 0.328 e. The van der Waals surface area contributed by atoms with E-state index >= 15 is 0 Å². The Morgan fingerprint density at radius 2 is 1.64 bits per heavy atom. The molecule has 0 radical (unpaired) electrons. The van der Waals surface area contributed by atoms with E-state index in [-0.39, 0.29) is 0 Å². The number of benzene rings is 2. The van der Waals surface area contributed by atoms with Crippen LogP contribution in [0.3, 0.4) is 0 Å². The van der Waals surface area contributed by atoms with Crippen LogP contribution in [0.15, 0.2) is 71.4 Å². The Balaban J connectivity index is 0.000000331. The first-order valence-electron chi connectivity index (χ1n) is 11.7. The van der Waals surface area contributed by atoms with Crippen molar-refractivity contribution in [3.8, 4) is 11.5 Å². The molecule has 3 heterocycles. The fourth-order valence-corrected chi connectivity index (χ4v) is 4.13. The minimum Gasteiger partial charge on any atom is -0.478 e. The van der Waals surface area contributed by atoms with Gasteiger partial charge in [-0.15, -0.1) is 0 Å². The van der Waals surface area contributed by atoms with Crippen LogP contribution in [0.4, 0.5) is 0 Å². The molecule has 2 N–H and O–H groups in total. The molecule has 0 atom stereocenters. The second-order valence-corrected chi connectivity index (χ2v) is 8.59. The molecule has 1 aliphatic rings. The summed E-state index contributed by atoms with van der Waals surface area (Å²) in [7, 11) is 2.08. The average Bonchev–Trinajstić information content (AvgIpc) is 3.61. The average molecular weight is 489 g/mol. The molecule has 0 aliphatic carbocycles. The molecule has 0 unspecified atom stereocenters. The first kappa shape index (κ1) is 24.9. The second kappa shape index (κ2) is 11.5. The third-order valence-electron chi connectivity index (χ3n) is 5.95. The van der Waals surface area contributed by atoms with Crippen molar-refractivity contribution in [2.45, 2.75) is 25.8 Å². The van der Waals surface area contributed by atoms with Crippen molar-refractivity contribution >= 4 is 23.0 Å². The van der Waals surface area contributed by atoms with Crippen molar-refractivity contribution < 1.29 is 24.2 Å². The Labute approximate surface area is 208 Å². The van der Waals surface area contributed by atoms with E-state index in [1.54, 1.807) is 6.26 Å². The third kappa shape index (κ3) is 6.45. The maximum atomic E-state index is 9.55. The van der Waals surface area contributed by atoms with E-state index in [0.717, 1.165) is 35.6 Å². The number of oxazole rings is 1. The SMILES string of the molecule is Cn1c(Cc2ccc(-c3nc(CN4CCCC4)co3)cc2)nc2ccccc21.O=C(O)C=CC(=O)O. The Morgan fingerprint density at radius 3 is 2.28 bits per heavy atom. The van der Waals surface area contributed by atoms with Gasteiger partial charge in [0, 0.05) is 37.7 Å². The lowest BCUT2D eigenvalue weighted by Crippen LogP contribution is -2.18. The summed E-state index contributed by atoms with van der Waals surface area (Å²) in [5.41, 5.74) is 5.47. The Kier molecular flexibility index (Phi) is 7.92. The Hall–Kier alpha value is -4.24. The molecule has 0 bridgehead atoms. The molecule has 9 heteroatoms. The number of nitrogens with zero attached hydrogens (tertiary/aromatic N) is 4. The van der Waals surface area contributed by atoms with Crippen LogP contribution in [0.2, 0.25) is 0 Å². The van der Waals surface area contributed by atoms with Crippen molar-refractivity contribution in [3.05, 3.63) is 84.0 Å². The number of fused-ring (bicyclic) bond motifs is 1. The van der Waals surface area contributed by atoms with Gasteiger partial charge in [-0.3, -0.25) is 4.90 Å². The number of hydrogen-bond acceptors (Lipinski definition) is 6. The quantitative estimate of drug-likeness (QED) is 0.373. The lowest BCUT2D eigenvalue weighted by Gasteiger charge is -2.11. The highest BCUT2D eigenvalue weighted by Crippen LogP contribution is 2.22. The second-order valence-electron chi connectivity index (χ2n) is 8.59. The third-order valence-corrected chi connectivity index (χ3v) is 5.95. The van der Waals surface area contributed by atoms with Gasteiger partial charge in [0.1, 0.15) is 12.1 Å². The zero-order valence-electron chi connectivity index (χ0n) is 20.0. The Bertz CT molecular complexity index is 1350. The normalized spacial score (nSPS) is 13.7. The largest absolute Gasteiger partial charge is 0.478 e. The number of carbonyl (C=O) groups is 2.